The minimum Gasteiger partial charge on any atom is -0.387 e. The summed E-state index contributed by atoms with van der Waals surface area (Å²) in [7, 11) is 0. The van der Waals surface area contributed by atoms with Gasteiger partial charge in [-0.3, -0.25) is 0 Å². The second-order valence-electron chi connectivity index (χ2n) is 6.73. The maximum absolute atomic E-state index is 11.6. The summed E-state index contributed by atoms with van der Waals surface area (Å²) >= 11 is 0. The lowest BCUT2D eigenvalue weighted by Gasteiger charge is -2.44. The second-order valence-corrected chi connectivity index (χ2v) is 6.73. The summed E-state index contributed by atoms with van der Waals surface area (Å²) in [5.74, 6) is 0. The van der Waals surface area contributed by atoms with Gasteiger partial charge in [0.25, 0.3) is 0 Å². The van der Waals surface area contributed by atoms with Crippen LogP contribution in [-0.2, 0) is 10.8 Å². The van der Waals surface area contributed by atoms with E-state index in [0.717, 1.165) is 11.1 Å². The van der Waals surface area contributed by atoms with E-state index >= 15 is 0 Å². The lowest BCUT2D eigenvalue weighted by atomic mass is 9.59. The monoisotopic (exact) mass is 248 g/mol. The molecule has 0 spiro atoms. The standard InChI is InChI=1S/C15H20O3/c1-13(2)9-7-11(16)18-12(17)8-10(9)14(3,4)15(13,5)6/h7-8H,1-6H3. The molecule has 2 rings (SSSR count). The molecule has 0 radical (unpaired) electrons. The van der Waals surface area contributed by atoms with Crippen LogP contribution in [0.1, 0.15) is 52.7 Å². The van der Waals surface area contributed by atoms with Crippen LogP contribution in [0.2, 0.25) is 0 Å². The minimum atomic E-state index is -0.567. The Morgan fingerprint density at radius 2 is 1.11 bits per heavy atom. The first-order valence-electron chi connectivity index (χ1n) is 6.22. The molecule has 0 N–H and O–H groups in total. The van der Waals surface area contributed by atoms with Crippen LogP contribution in [0.15, 0.2) is 26.1 Å². The number of fused-ring (bicyclic) bond motifs is 1. The van der Waals surface area contributed by atoms with Gasteiger partial charge < -0.3 is 4.42 Å². The Morgan fingerprint density at radius 1 is 0.778 bits per heavy atom. The summed E-state index contributed by atoms with van der Waals surface area (Å²) in [5, 5.41) is 0. The first kappa shape index (κ1) is 13.1. The number of hydrogen-bond donors (Lipinski definition) is 0. The quantitative estimate of drug-likeness (QED) is 0.709. The summed E-state index contributed by atoms with van der Waals surface area (Å²) in [5.41, 5.74) is 0.278. The van der Waals surface area contributed by atoms with E-state index in [1.807, 2.05) is 0 Å². The fourth-order valence-electron chi connectivity index (χ4n) is 3.04. The minimum absolute atomic E-state index is 0.0600. The first-order valence-corrected chi connectivity index (χ1v) is 6.22. The van der Waals surface area contributed by atoms with Crippen LogP contribution in [0.3, 0.4) is 0 Å². The molecular weight excluding hydrogens is 228 g/mol. The van der Waals surface area contributed by atoms with Crippen molar-refractivity contribution in [2.45, 2.75) is 52.4 Å². The molecule has 0 aliphatic heterocycles. The van der Waals surface area contributed by atoms with E-state index in [1.165, 1.54) is 12.1 Å². The van der Waals surface area contributed by atoms with Crippen LogP contribution in [0.4, 0.5) is 0 Å². The molecule has 0 saturated heterocycles. The van der Waals surface area contributed by atoms with Gasteiger partial charge in [-0.2, -0.15) is 0 Å². The smallest absolute Gasteiger partial charge is 0.338 e. The lowest BCUT2D eigenvalue weighted by Crippen LogP contribution is -2.42. The van der Waals surface area contributed by atoms with E-state index < -0.39 is 11.3 Å². The molecule has 1 aromatic rings. The van der Waals surface area contributed by atoms with E-state index in [2.05, 4.69) is 46.0 Å². The molecule has 1 heterocycles. The molecule has 0 atom stereocenters. The second kappa shape index (κ2) is 3.34. The van der Waals surface area contributed by atoms with Gasteiger partial charge in [-0.15, -0.1) is 0 Å². The summed E-state index contributed by atoms with van der Waals surface area (Å²) in [6, 6.07) is 2.96. The van der Waals surface area contributed by atoms with E-state index in [4.69, 9.17) is 0 Å². The molecule has 98 valence electrons. The van der Waals surface area contributed by atoms with Gasteiger partial charge in [0.05, 0.1) is 0 Å². The van der Waals surface area contributed by atoms with Gasteiger partial charge in [-0.1, -0.05) is 41.5 Å². The number of hydrogen-bond acceptors (Lipinski definition) is 3. The predicted octanol–water partition coefficient (Wildman–Crippen LogP) is 2.60. The molecule has 3 heteroatoms. The highest BCUT2D eigenvalue weighted by molar-refractivity contribution is 5.46. The van der Waals surface area contributed by atoms with Crippen LogP contribution in [0, 0.1) is 5.41 Å². The molecule has 0 bridgehead atoms. The van der Waals surface area contributed by atoms with E-state index in [1.54, 1.807) is 0 Å². The Bertz CT molecular complexity index is 567. The van der Waals surface area contributed by atoms with Gasteiger partial charge in [0.2, 0.25) is 0 Å². The molecule has 18 heavy (non-hydrogen) atoms. The fourth-order valence-corrected chi connectivity index (χ4v) is 3.04. The van der Waals surface area contributed by atoms with Crippen LogP contribution >= 0.6 is 0 Å². The summed E-state index contributed by atoms with van der Waals surface area (Å²) < 4.78 is 4.67. The summed E-state index contributed by atoms with van der Waals surface area (Å²) in [4.78, 5) is 23.2. The molecule has 1 aliphatic rings. The molecule has 0 saturated carbocycles. The molecule has 1 aliphatic carbocycles. The van der Waals surface area contributed by atoms with Crippen molar-refractivity contribution in [2.24, 2.45) is 5.41 Å². The van der Waals surface area contributed by atoms with Crippen LogP contribution < -0.4 is 11.3 Å². The molecule has 1 aromatic heterocycles. The third kappa shape index (κ3) is 1.36. The average molecular weight is 248 g/mol. The van der Waals surface area contributed by atoms with E-state index in [9.17, 15) is 9.59 Å². The maximum Gasteiger partial charge on any atom is 0.338 e. The van der Waals surface area contributed by atoms with Gasteiger partial charge in [-0.25, -0.2) is 9.59 Å². The van der Waals surface area contributed by atoms with Crippen molar-refractivity contribution in [3.8, 4) is 0 Å². The Morgan fingerprint density at radius 3 is 1.44 bits per heavy atom. The Balaban J connectivity index is 2.99. The summed E-state index contributed by atoms with van der Waals surface area (Å²) in [6.45, 7) is 12.8. The largest absolute Gasteiger partial charge is 0.387 e. The Labute approximate surface area is 107 Å². The predicted molar refractivity (Wildman–Crippen MR) is 71.1 cm³/mol. The highest BCUT2D eigenvalue weighted by Crippen LogP contribution is 2.60. The zero-order chi connectivity index (χ0) is 13.9. The van der Waals surface area contributed by atoms with Crippen LogP contribution in [0.5, 0.6) is 0 Å². The molecule has 3 nitrogen and oxygen atoms in total. The molecular formula is C15H20O3. The normalized spacial score (nSPS) is 22.6. The van der Waals surface area contributed by atoms with Crippen molar-refractivity contribution in [3.05, 3.63) is 44.1 Å². The third-order valence-corrected chi connectivity index (χ3v) is 5.49. The molecule has 0 amide bonds. The lowest BCUT2D eigenvalue weighted by molar-refractivity contribution is 0.124. The Hall–Kier alpha value is -1.38. The molecule has 0 fully saturated rings. The topological polar surface area (TPSA) is 47.3 Å². The van der Waals surface area contributed by atoms with Gasteiger partial charge >= 0.3 is 11.3 Å². The SMILES string of the molecule is CC1(C)c2cc(=O)oc(=O)cc2C(C)(C)C1(C)C. The van der Waals surface area contributed by atoms with Gasteiger partial charge in [0.15, 0.2) is 0 Å². The Kier molecular flexibility index (Phi) is 2.42. The van der Waals surface area contributed by atoms with Crippen LogP contribution in [-0.4, -0.2) is 0 Å². The molecule has 0 unspecified atom stereocenters. The van der Waals surface area contributed by atoms with Gasteiger partial charge in [-0.05, 0) is 27.4 Å². The average Bonchev–Trinajstić information content (AvgIpc) is 2.34. The van der Waals surface area contributed by atoms with Crippen molar-refractivity contribution < 1.29 is 4.42 Å². The van der Waals surface area contributed by atoms with Crippen molar-refractivity contribution >= 4 is 0 Å². The van der Waals surface area contributed by atoms with Gasteiger partial charge in [0, 0.05) is 12.1 Å². The molecule has 0 aromatic carbocycles. The van der Waals surface area contributed by atoms with Crippen molar-refractivity contribution in [2.75, 3.05) is 0 Å². The number of rotatable bonds is 0. The maximum atomic E-state index is 11.6. The van der Waals surface area contributed by atoms with Crippen molar-refractivity contribution in [1.29, 1.82) is 0 Å². The van der Waals surface area contributed by atoms with E-state index in [-0.39, 0.29) is 16.2 Å². The highest BCUT2D eigenvalue weighted by atomic mass is 16.4. The zero-order valence-electron chi connectivity index (χ0n) is 11.9. The third-order valence-electron chi connectivity index (χ3n) is 5.49. The van der Waals surface area contributed by atoms with Gasteiger partial charge in [0.1, 0.15) is 0 Å². The van der Waals surface area contributed by atoms with Crippen LogP contribution in [0.25, 0.3) is 0 Å². The highest BCUT2D eigenvalue weighted by Gasteiger charge is 2.56. The van der Waals surface area contributed by atoms with E-state index in [0.29, 0.717) is 0 Å². The van der Waals surface area contributed by atoms with Crippen molar-refractivity contribution in [3.63, 3.8) is 0 Å². The summed E-state index contributed by atoms with van der Waals surface area (Å²) in [6.07, 6.45) is 0. The fraction of sp³-hybridized carbons (Fsp3) is 0.600. The first-order chi connectivity index (χ1) is 8.01. The van der Waals surface area contributed by atoms with Crippen molar-refractivity contribution in [1.82, 2.24) is 0 Å². The zero-order valence-corrected chi connectivity index (χ0v) is 11.9.